The number of unbranched alkanes of at least 4 members (excludes halogenated alkanes) is 1. The number of rotatable bonds is 5. The Hall–Kier alpha value is -1.36. The summed E-state index contributed by atoms with van der Waals surface area (Å²) in [5, 5.41) is 12.3. The van der Waals surface area contributed by atoms with E-state index < -0.39 is 12.0 Å². The second kappa shape index (κ2) is 5.52. The van der Waals surface area contributed by atoms with Crippen LogP contribution in [0.3, 0.4) is 0 Å². The fourth-order valence-electron chi connectivity index (χ4n) is 2.50. The molecule has 0 fully saturated rings. The second-order valence-corrected chi connectivity index (χ2v) is 4.85. The van der Waals surface area contributed by atoms with E-state index in [-0.39, 0.29) is 6.04 Å². The summed E-state index contributed by atoms with van der Waals surface area (Å²) in [5.74, 6) is -0.776. The lowest BCUT2D eigenvalue weighted by Gasteiger charge is -2.28. The summed E-state index contributed by atoms with van der Waals surface area (Å²) in [7, 11) is 0. The van der Waals surface area contributed by atoms with Crippen LogP contribution in [0, 0.1) is 0 Å². The molecule has 1 aliphatic heterocycles. The van der Waals surface area contributed by atoms with Crippen molar-refractivity contribution in [2.75, 3.05) is 0 Å². The van der Waals surface area contributed by atoms with Crippen molar-refractivity contribution in [3.8, 4) is 0 Å². The zero-order valence-electron chi connectivity index (χ0n) is 11.0. The molecule has 2 rings (SSSR count). The van der Waals surface area contributed by atoms with Gasteiger partial charge in [-0.3, -0.25) is 10.1 Å². The number of carboxylic acid groups (broad SMARTS) is 1. The molecule has 0 bridgehead atoms. The van der Waals surface area contributed by atoms with Crippen LogP contribution in [0.1, 0.15) is 50.5 Å². The monoisotopic (exact) mass is 251 g/mol. The zero-order chi connectivity index (χ0) is 13.1. The third kappa shape index (κ3) is 2.41. The molecule has 5 heteroatoms. The van der Waals surface area contributed by atoms with Crippen molar-refractivity contribution in [3.05, 3.63) is 17.7 Å². The SMILES string of the molecule is CCCCn1cnc2c1CC(C(=O)O)NC2CC. The molecular weight excluding hydrogens is 230 g/mol. The molecule has 2 heterocycles. The van der Waals surface area contributed by atoms with Crippen molar-refractivity contribution < 1.29 is 9.90 Å². The highest BCUT2D eigenvalue weighted by Gasteiger charge is 2.32. The quantitative estimate of drug-likeness (QED) is 0.836. The number of imidazole rings is 1. The molecule has 100 valence electrons. The fraction of sp³-hybridized carbons (Fsp3) is 0.692. The van der Waals surface area contributed by atoms with Crippen molar-refractivity contribution in [2.24, 2.45) is 0 Å². The predicted molar refractivity (Wildman–Crippen MR) is 68.4 cm³/mol. The maximum Gasteiger partial charge on any atom is 0.321 e. The van der Waals surface area contributed by atoms with Gasteiger partial charge in [-0.1, -0.05) is 20.3 Å². The molecular formula is C13H21N3O2. The molecule has 1 aromatic rings. The fourth-order valence-corrected chi connectivity index (χ4v) is 2.50. The Labute approximate surface area is 107 Å². The van der Waals surface area contributed by atoms with Crippen LogP contribution in [0.2, 0.25) is 0 Å². The molecule has 1 aliphatic rings. The Kier molecular flexibility index (Phi) is 4.01. The standard InChI is InChI=1S/C13H21N3O2/c1-3-5-6-16-8-14-12-9(4-2)15-10(13(17)18)7-11(12)16/h8-10,15H,3-7H2,1-2H3,(H,17,18). The summed E-state index contributed by atoms with van der Waals surface area (Å²) in [6, 6.07) is -0.419. The number of carbonyl (C=O) groups is 1. The van der Waals surface area contributed by atoms with Crippen LogP contribution in [0.5, 0.6) is 0 Å². The molecule has 0 aliphatic carbocycles. The molecule has 0 amide bonds. The topological polar surface area (TPSA) is 67.2 Å². The van der Waals surface area contributed by atoms with Gasteiger partial charge in [0.1, 0.15) is 6.04 Å². The zero-order valence-corrected chi connectivity index (χ0v) is 11.0. The Morgan fingerprint density at radius 2 is 2.39 bits per heavy atom. The lowest BCUT2D eigenvalue weighted by molar-refractivity contribution is -0.139. The second-order valence-electron chi connectivity index (χ2n) is 4.85. The Morgan fingerprint density at radius 3 is 3.00 bits per heavy atom. The number of fused-ring (bicyclic) bond motifs is 1. The van der Waals surface area contributed by atoms with Gasteiger partial charge in [0, 0.05) is 18.7 Å². The van der Waals surface area contributed by atoms with Crippen LogP contribution >= 0.6 is 0 Å². The van der Waals surface area contributed by atoms with E-state index in [2.05, 4.69) is 28.7 Å². The van der Waals surface area contributed by atoms with Gasteiger partial charge < -0.3 is 9.67 Å². The molecule has 0 spiro atoms. The summed E-state index contributed by atoms with van der Waals surface area (Å²) in [4.78, 5) is 15.6. The van der Waals surface area contributed by atoms with Crippen molar-refractivity contribution in [2.45, 2.75) is 58.2 Å². The van der Waals surface area contributed by atoms with Crippen molar-refractivity contribution in [1.82, 2.24) is 14.9 Å². The van der Waals surface area contributed by atoms with E-state index in [0.717, 1.165) is 37.2 Å². The smallest absolute Gasteiger partial charge is 0.321 e. The first kappa shape index (κ1) is 13.1. The lowest BCUT2D eigenvalue weighted by atomic mass is 9.97. The van der Waals surface area contributed by atoms with Gasteiger partial charge >= 0.3 is 5.97 Å². The average Bonchev–Trinajstić information content (AvgIpc) is 2.78. The largest absolute Gasteiger partial charge is 0.480 e. The van der Waals surface area contributed by atoms with Gasteiger partial charge in [-0.2, -0.15) is 0 Å². The van der Waals surface area contributed by atoms with Crippen LogP contribution in [-0.4, -0.2) is 26.7 Å². The highest BCUT2D eigenvalue weighted by atomic mass is 16.4. The summed E-state index contributed by atoms with van der Waals surface area (Å²) >= 11 is 0. The average molecular weight is 251 g/mol. The van der Waals surface area contributed by atoms with Gasteiger partial charge in [0.15, 0.2) is 0 Å². The van der Waals surface area contributed by atoms with Crippen LogP contribution in [0.15, 0.2) is 6.33 Å². The van der Waals surface area contributed by atoms with E-state index in [0.29, 0.717) is 6.42 Å². The summed E-state index contributed by atoms with van der Waals surface area (Å²) in [6.45, 7) is 5.14. The molecule has 1 aromatic heterocycles. The van der Waals surface area contributed by atoms with Gasteiger partial charge in [0.05, 0.1) is 18.1 Å². The molecule has 2 unspecified atom stereocenters. The van der Waals surface area contributed by atoms with Gasteiger partial charge in [-0.15, -0.1) is 0 Å². The number of aryl methyl sites for hydroxylation is 1. The summed E-state index contributed by atoms with van der Waals surface area (Å²) in [6.07, 6.45) is 5.48. The number of nitrogens with one attached hydrogen (secondary N) is 1. The normalized spacial score (nSPS) is 22.8. The Bertz CT molecular complexity index is 428. The highest BCUT2D eigenvalue weighted by Crippen LogP contribution is 2.26. The molecule has 0 radical (unpaired) electrons. The molecule has 0 saturated carbocycles. The van der Waals surface area contributed by atoms with E-state index in [1.54, 1.807) is 0 Å². The number of carboxylic acids is 1. The van der Waals surface area contributed by atoms with E-state index in [1.807, 2.05) is 6.33 Å². The van der Waals surface area contributed by atoms with E-state index in [9.17, 15) is 9.90 Å². The van der Waals surface area contributed by atoms with Gasteiger partial charge in [-0.05, 0) is 12.8 Å². The van der Waals surface area contributed by atoms with Crippen LogP contribution < -0.4 is 5.32 Å². The van der Waals surface area contributed by atoms with E-state index in [4.69, 9.17) is 0 Å². The molecule has 5 nitrogen and oxygen atoms in total. The third-order valence-corrected chi connectivity index (χ3v) is 3.57. The van der Waals surface area contributed by atoms with Gasteiger partial charge in [0.2, 0.25) is 0 Å². The van der Waals surface area contributed by atoms with Crippen LogP contribution in [-0.2, 0) is 17.8 Å². The molecule has 2 N–H and O–H groups in total. The summed E-state index contributed by atoms with van der Waals surface area (Å²) < 4.78 is 2.12. The van der Waals surface area contributed by atoms with Gasteiger partial charge in [-0.25, -0.2) is 4.98 Å². The minimum absolute atomic E-state index is 0.0673. The van der Waals surface area contributed by atoms with Crippen molar-refractivity contribution in [3.63, 3.8) is 0 Å². The summed E-state index contributed by atoms with van der Waals surface area (Å²) in [5.41, 5.74) is 2.13. The lowest BCUT2D eigenvalue weighted by Crippen LogP contribution is -2.45. The Morgan fingerprint density at radius 1 is 1.61 bits per heavy atom. The molecule has 0 aromatic carbocycles. The number of aromatic nitrogens is 2. The maximum atomic E-state index is 11.2. The van der Waals surface area contributed by atoms with Crippen molar-refractivity contribution in [1.29, 1.82) is 0 Å². The molecule has 18 heavy (non-hydrogen) atoms. The molecule has 2 atom stereocenters. The number of hydrogen-bond acceptors (Lipinski definition) is 3. The van der Waals surface area contributed by atoms with E-state index in [1.165, 1.54) is 0 Å². The van der Waals surface area contributed by atoms with E-state index >= 15 is 0 Å². The van der Waals surface area contributed by atoms with Gasteiger partial charge in [0.25, 0.3) is 0 Å². The predicted octanol–water partition coefficient (Wildman–Crippen LogP) is 1.73. The van der Waals surface area contributed by atoms with Crippen LogP contribution in [0.25, 0.3) is 0 Å². The minimum Gasteiger partial charge on any atom is -0.480 e. The first-order valence-corrected chi connectivity index (χ1v) is 6.70. The number of aliphatic carboxylic acids is 1. The van der Waals surface area contributed by atoms with Crippen LogP contribution in [0.4, 0.5) is 0 Å². The maximum absolute atomic E-state index is 11.2. The number of nitrogens with zero attached hydrogens (tertiary/aromatic N) is 2. The first-order valence-electron chi connectivity index (χ1n) is 6.70. The van der Waals surface area contributed by atoms with Crippen molar-refractivity contribution >= 4 is 5.97 Å². The first-order chi connectivity index (χ1) is 8.67. The molecule has 0 saturated heterocycles. The number of hydrogen-bond donors (Lipinski definition) is 2. The Balaban J connectivity index is 2.26. The highest BCUT2D eigenvalue weighted by molar-refractivity contribution is 5.74. The third-order valence-electron chi connectivity index (χ3n) is 3.57. The minimum atomic E-state index is -0.776.